The highest BCUT2D eigenvalue weighted by atomic mass is 32.1. The molecule has 1 saturated heterocycles. The van der Waals surface area contributed by atoms with Crippen molar-refractivity contribution in [2.75, 3.05) is 13.1 Å². The monoisotopic (exact) mass is 309 g/mol. The van der Waals surface area contributed by atoms with Gasteiger partial charge in [0.2, 0.25) is 0 Å². The van der Waals surface area contributed by atoms with Crippen LogP contribution in [0.2, 0.25) is 0 Å². The van der Waals surface area contributed by atoms with Crippen LogP contribution < -0.4 is 11.3 Å². The lowest BCUT2D eigenvalue weighted by Gasteiger charge is -2.29. The molecule has 5 heteroatoms. The van der Waals surface area contributed by atoms with Gasteiger partial charge < -0.3 is 0 Å². The van der Waals surface area contributed by atoms with E-state index < -0.39 is 0 Å². The molecule has 0 aliphatic carbocycles. The van der Waals surface area contributed by atoms with Crippen molar-refractivity contribution < 1.29 is 4.79 Å². The van der Waals surface area contributed by atoms with Crippen LogP contribution in [0.25, 0.3) is 0 Å². The van der Waals surface area contributed by atoms with Crippen LogP contribution in [0.4, 0.5) is 0 Å². The normalized spacial score (nSPS) is 21.0. The van der Waals surface area contributed by atoms with Crippen LogP contribution in [0, 0.1) is 11.3 Å². The quantitative estimate of drug-likeness (QED) is 0.513. The highest BCUT2D eigenvalue weighted by molar-refractivity contribution is 7.14. The minimum Gasteiger partial charge on any atom is -0.298 e. The van der Waals surface area contributed by atoms with Crippen molar-refractivity contribution in [2.45, 2.75) is 46.6 Å². The number of nitrogens with one attached hydrogen (secondary N) is 1. The first-order valence-corrected chi connectivity index (χ1v) is 8.54. The number of amides is 1. The molecule has 1 unspecified atom stereocenters. The van der Waals surface area contributed by atoms with Gasteiger partial charge >= 0.3 is 0 Å². The van der Waals surface area contributed by atoms with Gasteiger partial charge in [0.1, 0.15) is 0 Å². The van der Waals surface area contributed by atoms with Gasteiger partial charge in [0.15, 0.2) is 0 Å². The number of hydrazine groups is 1. The summed E-state index contributed by atoms with van der Waals surface area (Å²) in [6.45, 7) is 10.3. The van der Waals surface area contributed by atoms with Gasteiger partial charge in [0, 0.05) is 11.4 Å². The Morgan fingerprint density at radius 1 is 1.38 bits per heavy atom. The Morgan fingerprint density at radius 3 is 2.81 bits per heavy atom. The van der Waals surface area contributed by atoms with E-state index in [-0.39, 0.29) is 5.91 Å². The fraction of sp³-hybridized carbons (Fsp3) is 0.688. The molecule has 1 fully saturated rings. The second-order valence-corrected chi connectivity index (χ2v) is 8.18. The maximum atomic E-state index is 11.5. The molecular formula is C16H27N3OS. The molecule has 0 aromatic carbocycles. The number of nitrogens with two attached hydrogens (primary N) is 1. The van der Waals surface area contributed by atoms with Gasteiger partial charge in [-0.3, -0.25) is 15.1 Å². The molecule has 0 saturated carbocycles. The minimum absolute atomic E-state index is 0.199. The van der Waals surface area contributed by atoms with Gasteiger partial charge in [-0.15, -0.1) is 11.3 Å². The molecule has 1 aromatic rings. The number of hydrogen-bond acceptors (Lipinski definition) is 4. The smallest absolute Gasteiger partial charge is 0.275 e. The lowest BCUT2D eigenvalue weighted by atomic mass is 9.77. The molecular weight excluding hydrogens is 282 g/mol. The van der Waals surface area contributed by atoms with E-state index in [1.165, 1.54) is 35.5 Å². The van der Waals surface area contributed by atoms with Crippen LogP contribution in [0.1, 0.15) is 54.6 Å². The third-order valence-electron chi connectivity index (χ3n) is 4.44. The van der Waals surface area contributed by atoms with E-state index in [4.69, 9.17) is 5.84 Å². The van der Waals surface area contributed by atoms with Crippen LogP contribution in [-0.4, -0.2) is 23.9 Å². The number of hydrogen-bond donors (Lipinski definition) is 2. The van der Waals surface area contributed by atoms with E-state index in [0.29, 0.717) is 10.3 Å². The number of thiophene rings is 1. The van der Waals surface area contributed by atoms with Gasteiger partial charge in [0.25, 0.3) is 5.91 Å². The van der Waals surface area contributed by atoms with Crippen molar-refractivity contribution in [2.24, 2.45) is 17.2 Å². The fourth-order valence-electron chi connectivity index (χ4n) is 3.06. The molecule has 4 nitrogen and oxygen atoms in total. The van der Waals surface area contributed by atoms with E-state index in [1.54, 1.807) is 0 Å². The number of rotatable bonds is 3. The van der Waals surface area contributed by atoms with Crippen LogP contribution in [0.3, 0.4) is 0 Å². The highest BCUT2D eigenvalue weighted by Gasteiger charge is 2.27. The number of carbonyl (C=O) groups is 1. The average molecular weight is 309 g/mol. The van der Waals surface area contributed by atoms with Crippen LogP contribution >= 0.6 is 11.3 Å². The summed E-state index contributed by atoms with van der Waals surface area (Å²) in [7, 11) is 0. The molecule has 21 heavy (non-hydrogen) atoms. The van der Waals surface area contributed by atoms with Crippen LogP contribution in [0.5, 0.6) is 0 Å². The Kier molecular flexibility index (Phi) is 5.41. The molecule has 1 aliphatic rings. The summed E-state index contributed by atoms with van der Waals surface area (Å²) in [4.78, 5) is 15.9. The Bertz CT molecular complexity index is 478. The second kappa shape index (κ2) is 6.90. The topological polar surface area (TPSA) is 58.4 Å². The third-order valence-corrected chi connectivity index (χ3v) is 5.51. The summed E-state index contributed by atoms with van der Waals surface area (Å²) in [5, 5.41) is 0. The highest BCUT2D eigenvalue weighted by Crippen LogP contribution is 2.34. The van der Waals surface area contributed by atoms with E-state index in [9.17, 15) is 4.79 Å². The fourth-order valence-corrected chi connectivity index (χ4v) is 4.01. The van der Waals surface area contributed by atoms with Crippen molar-refractivity contribution >= 4 is 17.2 Å². The van der Waals surface area contributed by atoms with Crippen LogP contribution in [-0.2, 0) is 6.54 Å². The zero-order chi connectivity index (χ0) is 15.5. The Hall–Kier alpha value is -0.910. The Balaban J connectivity index is 1.92. The van der Waals surface area contributed by atoms with Crippen molar-refractivity contribution in [3.05, 3.63) is 21.9 Å². The average Bonchev–Trinajstić information content (AvgIpc) is 2.74. The summed E-state index contributed by atoms with van der Waals surface area (Å²) in [5.41, 5.74) is 2.60. The van der Waals surface area contributed by atoms with Crippen molar-refractivity contribution in [3.8, 4) is 0 Å². The maximum Gasteiger partial charge on any atom is 0.275 e. The van der Waals surface area contributed by atoms with E-state index in [1.807, 2.05) is 12.1 Å². The molecule has 0 radical (unpaired) electrons. The zero-order valence-corrected chi connectivity index (χ0v) is 14.1. The number of nitrogen functional groups attached to an aromatic ring is 1. The molecule has 1 aromatic heterocycles. The summed E-state index contributed by atoms with van der Waals surface area (Å²) >= 11 is 1.54. The van der Waals surface area contributed by atoms with Crippen LogP contribution in [0.15, 0.2) is 12.1 Å². The van der Waals surface area contributed by atoms with Crippen molar-refractivity contribution in [3.63, 3.8) is 0 Å². The molecule has 1 amide bonds. The van der Waals surface area contributed by atoms with Gasteiger partial charge in [0.05, 0.1) is 4.88 Å². The first kappa shape index (κ1) is 16.5. The first-order chi connectivity index (χ1) is 9.90. The van der Waals surface area contributed by atoms with Gasteiger partial charge in [-0.05, 0) is 55.8 Å². The third kappa shape index (κ3) is 4.53. The molecule has 1 aliphatic heterocycles. The predicted molar refractivity (Wildman–Crippen MR) is 88.0 cm³/mol. The van der Waals surface area contributed by atoms with E-state index in [2.05, 4.69) is 31.1 Å². The molecule has 2 rings (SSSR count). The van der Waals surface area contributed by atoms with E-state index in [0.717, 1.165) is 25.6 Å². The summed E-state index contributed by atoms with van der Waals surface area (Å²) in [5.74, 6) is 5.78. The Labute approximate surface area is 131 Å². The molecule has 1 atom stereocenters. The summed E-state index contributed by atoms with van der Waals surface area (Å²) in [6.07, 6.45) is 3.86. The standard InChI is InChI=1S/C16H27N3OS/c1-16(2,3)12-5-4-9-19(10-8-12)11-13-6-7-14(21-13)15(20)18-17/h6-7,12H,4-5,8-11,17H2,1-3H3,(H,18,20). The maximum absolute atomic E-state index is 11.5. The number of nitrogens with zero attached hydrogens (tertiary/aromatic N) is 1. The van der Waals surface area contributed by atoms with Gasteiger partial charge in [-0.1, -0.05) is 20.8 Å². The van der Waals surface area contributed by atoms with Crippen molar-refractivity contribution in [1.29, 1.82) is 0 Å². The predicted octanol–water partition coefficient (Wildman–Crippen LogP) is 3.00. The number of carbonyl (C=O) groups excluding carboxylic acids is 1. The minimum atomic E-state index is -0.199. The largest absolute Gasteiger partial charge is 0.298 e. The SMILES string of the molecule is CC(C)(C)C1CCCN(Cc2ccc(C(=O)NN)s2)CC1. The molecule has 0 bridgehead atoms. The zero-order valence-electron chi connectivity index (χ0n) is 13.3. The molecule has 118 valence electrons. The lowest BCUT2D eigenvalue weighted by molar-refractivity contribution is 0.0957. The molecule has 3 N–H and O–H groups in total. The Morgan fingerprint density at radius 2 is 2.14 bits per heavy atom. The van der Waals surface area contributed by atoms with E-state index >= 15 is 0 Å². The molecule has 2 heterocycles. The number of likely N-dealkylation sites (tertiary alicyclic amines) is 1. The second-order valence-electron chi connectivity index (χ2n) is 7.01. The summed E-state index contributed by atoms with van der Waals surface area (Å²) in [6, 6.07) is 3.90. The molecule has 0 spiro atoms. The first-order valence-electron chi connectivity index (χ1n) is 7.72. The summed E-state index contributed by atoms with van der Waals surface area (Å²) < 4.78 is 0. The van der Waals surface area contributed by atoms with Gasteiger partial charge in [-0.25, -0.2) is 5.84 Å². The lowest BCUT2D eigenvalue weighted by Crippen LogP contribution is -2.29. The van der Waals surface area contributed by atoms with Crippen molar-refractivity contribution in [1.82, 2.24) is 10.3 Å². The van der Waals surface area contributed by atoms with Gasteiger partial charge in [-0.2, -0.15) is 0 Å².